The van der Waals surface area contributed by atoms with Gasteiger partial charge in [-0.25, -0.2) is 4.68 Å². The van der Waals surface area contributed by atoms with E-state index in [1.807, 2.05) is 49.1 Å². The van der Waals surface area contributed by atoms with Crippen LogP contribution in [0.15, 0.2) is 36.5 Å². The van der Waals surface area contributed by atoms with Gasteiger partial charge in [-0.1, -0.05) is 11.3 Å². The highest BCUT2D eigenvalue weighted by atomic mass is 16.2. The fraction of sp³-hybridized carbons (Fsp3) is 0.400. The van der Waals surface area contributed by atoms with Crippen molar-refractivity contribution in [1.29, 1.82) is 0 Å². The number of carbonyl (C=O) groups is 1. The standard InChI is InChI=1S/C20H24N6O/c1-13(21)15-8-11-25(12-9-15)20(27)19-14(2)26(24-23-19)18-7-3-6-17-16(18)5-4-10-22-17/h3-7,10,13,15H,8-9,11-12,21H2,1-2H3. The first-order valence-corrected chi connectivity index (χ1v) is 9.37. The van der Waals surface area contributed by atoms with Crippen LogP contribution in [0.3, 0.4) is 0 Å². The second-order valence-corrected chi connectivity index (χ2v) is 7.27. The van der Waals surface area contributed by atoms with Gasteiger partial charge in [0.25, 0.3) is 5.91 Å². The van der Waals surface area contributed by atoms with E-state index in [4.69, 9.17) is 5.73 Å². The van der Waals surface area contributed by atoms with Crippen LogP contribution in [0.4, 0.5) is 0 Å². The number of piperidine rings is 1. The lowest BCUT2D eigenvalue weighted by Gasteiger charge is -2.33. The summed E-state index contributed by atoms with van der Waals surface area (Å²) in [5.41, 5.74) is 8.92. The van der Waals surface area contributed by atoms with Gasteiger partial charge in [0.15, 0.2) is 5.69 Å². The lowest BCUT2D eigenvalue weighted by molar-refractivity contribution is 0.0674. The summed E-state index contributed by atoms with van der Waals surface area (Å²) in [6, 6.07) is 9.93. The molecule has 4 rings (SSSR count). The van der Waals surface area contributed by atoms with E-state index < -0.39 is 0 Å². The van der Waals surface area contributed by atoms with Gasteiger partial charge in [0.2, 0.25) is 0 Å². The molecule has 2 N–H and O–H groups in total. The van der Waals surface area contributed by atoms with Crippen molar-refractivity contribution in [2.45, 2.75) is 32.7 Å². The van der Waals surface area contributed by atoms with E-state index in [1.54, 1.807) is 10.9 Å². The number of nitrogens with two attached hydrogens (primary N) is 1. The molecular formula is C20H24N6O. The van der Waals surface area contributed by atoms with E-state index in [2.05, 4.69) is 15.3 Å². The number of likely N-dealkylation sites (tertiary alicyclic amines) is 1. The van der Waals surface area contributed by atoms with Gasteiger partial charge < -0.3 is 10.6 Å². The third-order valence-electron chi connectivity index (χ3n) is 5.52. The van der Waals surface area contributed by atoms with Crippen LogP contribution in [0.1, 0.15) is 35.9 Å². The molecule has 1 unspecified atom stereocenters. The van der Waals surface area contributed by atoms with Crippen molar-refractivity contribution in [1.82, 2.24) is 24.9 Å². The summed E-state index contributed by atoms with van der Waals surface area (Å²) in [5.74, 6) is 0.425. The Balaban J connectivity index is 1.62. The second kappa shape index (κ2) is 7.08. The number of aromatic nitrogens is 4. The van der Waals surface area contributed by atoms with E-state index in [0.717, 1.165) is 48.2 Å². The number of benzene rings is 1. The molecule has 3 heterocycles. The third-order valence-corrected chi connectivity index (χ3v) is 5.52. The molecular weight excluding hydrogens is 340 g/mol. The maximum atomic E-state index is 13.0. The lowest BCUT2D eigenvalue weighted by atomic mass is 9.91. The molecule has 3 aromatic rings. The largest absolute Gasteiger partial charge is 0.337 e. The first-order chi connectivity index (χ1) is 13.1. The highest BCUT2D eigenvalue weighted by molar-refractivity contribution is 5.94. The van der Waals surface area contributed by atoms with Gasteiger partial charge in [-0.05, 0) is 56.9 Å². The second-order valence-electron chi connectivity index (χ2n) is 7.27. The van der Waals surface area contributed by atoms with Crippen LogP contribution in [0, 0.1) is 12.8 Å². The zero-order valence-electron chi connectivity index (χ0n) is 15.7. The van der Waals surface area contributed by atoms with Crippen molar-refractivity contribution in [3.8, 4) is 5.69 Å². The van der Waals surface area contributed by atoms with Crippen molar-refractivity contribution in [2.75, 3.05) is 13.1 Å². The molecule has 1 amide bonds. The number of rotatable bonds is 3. The summed E-state index contributed by atoms with van der Waals surface area (Å²) in [4.78, 5) is 19.2. The summed E-state index contributed by atoms with van der Waals surface area (Å²) in [6.07, 6.45) is 3.64. The van der Waals surface area contributed by atoms with Crippen molar-refractivity contribution in [3.05, 3.63) is 47.9 Å². The van der Waals surface area contributed by atoms with E-state index >= 15 is 0 Å². The molecule has 1 atom stereocenters. The Kier molecular flexibility index (Phi) is 4.61. The van der Waals surface area contributed by atoms with Gasteiger partial charge in [-0.15, -0.1) is 5.10 Å². The quantitative estimate of drug-likeness (QED) is 0.770. The molecule has 1 saturated heterocycles. The van der Waals surface area contributed by atoms with Crippen LogP contribution in [-0.2, 0) is 0 Å². The van der Waals surface area contributed by atoms with Crippen LogP contribution in [0.25, 0.3) is 16.6 Å². The summed E-state index contributed by atoms with van der Waals surface area (Å²) < 4.78 is 1.73. The minimum atomic E-state index is -0.0553. The number of pyridine rings is 1. The molecule has 0 aliphatic carbocycles. The van der Waals surface area contributed by atoms with Crippen molar-refractivity contribution in [2.24, 2.45) is 11.7 Å². The van der Waals surface area contributed by atoms with Gasteiger partial charge in [-0.2, -0.15) is 0 Å². The maximum Gasteiger partial charge on any atom is 0.276 e. The molecule has 1 aliphatic heterocycles. The van der Waals surface area contributed by atoms with Gasteiger partial charge in [0.1, 0.15) is 0 Å². The fourth-order valence-corrected chi connectivity index (χ4v) is 3.81. The van der Waals surface area contributed by atoms with Crippen LogP contribution in [-0.4, -0.2) is 49.9 Å². The Bertz CT molecular complexity index is 966. The summed E-state index contributed by atoms with van der Waals surface area (Å²) >= 11 is 0. The number of hydrogen-bond acceptors (Lipinski definition) is 5. The number of carbonyl (C=O) groups excluding carboxylic acids is 1. The zero-order chi connectivity index (χ0) is 19.0. The van der Waals surface area contributed by atoms with Crippen molar-refractivity contribution < 1.29 is 4.79 Å². The lowest BCUT2D eigenvalue weighted by Crippen LogP contribution is -2.42. The maximum absolute atomic E-state index is 13.0. The zero-order valence-corrected chi connectivity index (χ0v) is 15.7. The highest BCUT2D eigenvalue weighted by Crippen LogP contribution is 2.24. The third kappa shape index (κ3) is 3.19. The molecule has 7 nitrogen and oxygen atoms in total. The molecule has 1 fully saturated rings. The van der Waals surface area contributed by atoms with Crippen molar-refractivity contribution >= 4 is 16.8 Å². The van der Waals surface area contributed by atoms with Gasteiger partial charge >= 0.3 is 0 Å². The topological polar surface area (TPSA) is 89.9 Å². The average molecular weight is 364 g/mol. The van der Waals surface area contributed by atoms with Crippen LogP contribution in [0.2, 0.25) is 0 Å². The van der Waals surface area contributed by atoms with Gasteiger partial charge in [0.05, 0.1) is 16.9 Å². The number of hydrogen-bond donors (Lipinski definition) is 1. The Hall–Kier alpha value is -2.80. The van der Waals surface area contributed by atoms with Crippen LogP contribution >= 0.6 is 0 Å². The predicted molar refractivity (Wildman–Crippen MR) is 104 cm³/mol. The van der Waals surface area contributed by atoms with Crippen LogP contribution < -0.4 is 5.73 Å². The van der Waals surface area contributed by atoms with E-state index in [-0.39, 0.29) is 11.9 Å². The predicted octanol–water partition coefficient (Wildman–Crippen LogP) is 2.32. The molecule has 2 aromatic heterocycles. The minimum Gasteiger partial charge on any atom is -0.337 e. The summed E-state index contributed by atoms with van der Waals surface area (Å²) in [5, 5.41) is 9.45. The molecule has 1 aliphatic rings. The van der Waals surface area contributed by atoms with E-state index in [9.17, 15) is 4.79 Å². The summed E-state index contributed by atoms with van der Waals surface area (Å²) in [6.45, 7) is 5.36. The molecule has 27 heavy (non-hydrogen) atoms. The highest BCUT2D eigenvalue weighted by Gasteiger charge is 2.28. The van der Waals surface area contributed by atoms with Gasteiger partial charge in [-0.3, -0.25) is 9.78 Å². The van der Waals surface area contributed by atoms with E-state index in [0.29, 0.717) is 11.6 Å². The first-order valence-electron chi connectivity index (χ1n) is 9.37. The minimum absolute atomic E-state index is 0.0553. The molecule has 1 aromatic carbocycles. The van der Waals surface area contributed by atoms with Crippen LogP contribution in [0.5, 0.6) is 0 Å². The Labute approximate surface area is 158 Å². The molecule has 140 valence electrons. The number of fused-ring (bicyclic) bond motifs is 1. The van der Waals surface area contributed by atoms with E-state index in [1.165, 1.54) is 0 Å². The molecule has 0 saturated carbocycles. The SMILES string of the molecule is Cc1c(C(=O)N2CCC(C(C)N)CC2)nnn1-c1cccc2ncccc12. The molecule has 0 bridgehead atoms. The number of amides is 1. The smallest absolute Gasteiger partial charge is 0.276 e. The molecule has 7 heteroatoms. The Morgan fingerprint density at radius 1 is 1.22 bits per heavy atom. The number of nitrogens with zero attached hydrogens (tertiary/aromatic N) is 5. The average Bonchev–Trinajstić information content (AvgIpc) is 3.08. The molecule has 0 radical (unpaired) electrons. The van der Waals surface area contributed by atoms with Crippen molar-refractivity contribution in [3.63, 3.8) is 0 Å². The first kappa shape index (κ1) is 17.6. The fourth-order valence-electron chi connectivity index (χ4n) is 3.81. The summed E-state index contributed by atoms with van der Waals surface area (Å²) in [7, 11) is 0. The molecule has 0 spiro atoms. The Morgan fingerprint density at radius 3 is 2.74 bits per heavy atom. The van der Waals surface area contributed by atoms with Gasteiger partial charge in [0, 0.05) is 30.7 Å². The Morgan fingerprint density at radius 2 is 2.00 bits per heavy atom. The monoisotopic (exact) mass is 364 g/mol. The normalized spacial score (nSPS) is 16.6.